The minimum Gasteiger partial charge on any atom is -0.371 e. The van der Waals surface area contributed by atoms with Gasteiger partial charge in [0.2, 0.25) is 0 Å². The van der Waals surface area contributed by atoms with Gasteiger partial charge in [-0.2, -0.15) is 8.78 Å². The summed E-state index contributed by atoms with van der Waals surface area (Å²) in [5.41, 5.74) is 5.60. The van der Waals surface area contributed by atoms with Gasteiger partial charge in [0.25, 0.3) is 0 Å². The minimum atomic E-state index is -4.07. The van der Waals surface area contributed by atoms with Crippen LogP contribution in [0.5, 0.6) is 0 Å². The van der Waals surface area contributed by atoms with Crippen molar-refractivity contribution in [1.82, 2.24) is 0 Å². The normalized spacial score (nSPS) is 28.9. The van der Waals surface area contributed by atoms with Gasteiger partial charge in [0, 0.05) is 0 Å². The second-order valence-electron chi connectivity index (χ2n) is 5.37. The van der Waals surface area contributed by atoms with Crippen molar-refractivity contribution in [2.45, 2.75) is 57.5 Å². The Kier molecular flexibility index (Phi) is 6.53. The van der Waals surface area contributed by atoms with Crippen molar-refractivity contribution in [2.75, 3.05) is 13.2 Å². The van der Waals surface area contributed by atoms with Gasteiger partial charge in [-0.25, -0.2) is 8.78 Å². The first-order valence-electron chi connectivity index (χ1n) is 6.88. The van der Waals surface area contributed by atoms with E-state index in [1.807, 2.05) is 0 Å². The lowest BCUT2D eigenvalue weighted by atomic mass is 9.78. The van der Waals surface area contributed by atoms with E-state index in [9.17, 15) is 17.6 Å². The molecule has 1 fully saturated rings. The third-order valence-corrected chi connectivity index (χ3v) is 3.85. The maximum Gasteiger partial charge on any atom is 0.330 e. The van der Waals surface area contributed by atoms with Crippen LogP contribution < -0.4 is 5.73 Å². The number of nitrogens with two attached hydrogens (primary N) is 1. The summed E-state index contributed by atoms with van der Waals surface area (Å²) in [7, 11) is 0. The minimum absolute atomic E-state index is 0.00146. The molecule has 2 N–H and O–H groups in total. The smallest absolute Gasteiger partial charge is 0.330 e. The second kappa shape index (κ2) is 7.43. The van der Waals surface area contributed by atoms with Crippen molar-refractivity contribution < 1.29 is 22.3 Å². The topological polar surface area (TPSA) is 35.2 Å². The van der Waals surface area contributed by atoms with Crippen LogP contribution in [0.2, 0.25) is 0 Å². The summed E-state index contributed by atoms with van der Waals surface area (Å²) in [5, 5.41) is 0. The van der Waals surface area contributed by atoms with Crippen LogP contribution in [-0.2, 0) is 4.74 Å². The van der Waals surface area contributed by atoms with E-state index in [0.717, 1.165) is 25.7 Å². The van der Waals surface area contributed by atoms with E-state index in [1.54, 1.807) is 0 Å². The third kappa shape index (κ3) is 4.91. The number of hydrogen-bond acceptors (Lipinski definition) is 2. The molecule has 114 valence electrons. The Morgan fingerprint density at radius 3 is 2.53 bits per heavy atom. The molecule has 0 saturated heterocycles. The van der Waals surface area contributed by atoms with Gasteiger partial charge in [0.15, 0.2) is 0 Å². The highest BCUT2D eigenvalue weighted by molar-refractivity contribution is 4.82. The molecule has 2 nitrogen and oxygen atoms in total. The Morgan fingerprint density at radius 1 is 1.32 bits per heavy atom. The SMILES string of the molecule is CCCC1CCC(CN)C(OCC(F)(F)C(F)F)C1. The molecule has 1 aliphatic rings. The zero-order valence-electron chi connectivity index (χ0n) is 11.3. The van der Waals surface area contributed by atoms with E-state index >= 15 is 0 Å². The van der Waals surface area contributed by atoms with Crippen molar-refractivity contribution in [3.63, 3.8) is 0 Å². The molecule has 0 spiro atoms. The van der Waals surface area contributed by atoms with Crippen LogP contribution in [0.4, 0.5) is 17.6 Å². The summed E-state index contributed by atoms with van der Waals surface area (Å²) in [5.74, 6) is -3.64. The molecule has 0 aliphatic heterocycles. The van der Waals surface area contributed by atoms with E-state index in [4.69, 9.17) is 10.5 Å². The molecule has 0 amide bonds. The number of alkyl halides is 4. The zero-order chi connectivity index (χ0) is 14.5. The second-order valence-corrected chi connectivity index (χ2v) is 5.37. The molecule has 0 aromatic heterocycles. The molecule has 0 heterocycles. The average molecular weight is 285 g/mol. The molecule has 0 aromatic rings. The lowest BCUT2D eigenvalue weighted by Gasteiger charge is -2.36. The lowest BCUT2D eigenvalue weighted by molar-refractivity contribution is -0.185. The molecule has 3 atom stereocenters. The molecule has 1 aliphatic carbocycles. The van der Waals surface area contributed by atoms with Gasteiger partial charge in [-0.05, 0) is 37.6 Å². The van der Waals surface area contributed by atoms with Gasteiger partial charge >= 0.3 is 12.3 Å². The van der Waals surface area contributed by atoms with E-state index in [1.165, 1.54) is 0 Å². The highest BCUT2D eigenvalue weighted by Gasteiger charge is 2.42. The monoisotopic (exact) mass is 285 g/mol. The van der Waals surface area contributed by atoms with Crippen molar-refractivity contribution in [3.05, 3.63) is 0 Å². The summed E-state index contributed by atoms with van der Waals surface area (Å²) >= 11 is 0. The van der Waals surface area contributed by atoms with Crippen molar-refractivity contribution >= 4 is 0 Å². The number of hydrogen-bond donors (Lipinski definition) is 1. The summed E-state index contributed by atoms with van der Waals surface area (Å²) in [6.07, 6.45) is 0.432. The van der Waals surface area contributed by atoms with Crippen LogP contribution in [-0.4, -0.2) is 31.6 Å². The standard InChI is InChI=1S/C13H23F4NO/c1-2-3-9-4-5-10(7-18)11(6-9)19-8-13(16,17)12(14)15/h9-12H,2-8,18H2,1H3. The molecule has 0 aromatic carbocycles. The maximum atomic E-state index is 12.9. The Hall–Kier alpha value is -0.360. The highest BCUT2D eigenvalue weighted by Crippen LogP contribution is 2.34. The fourth-order valence-electron chi connectivity index (χ4n) is 2.70. The quantitative estimate of drug-likeness (QED) is 0.727. The molecule has 1 saturated carbocycles. The van der Waals surface area contributed by atoms with Crippen LogP contribution in [0.25, 0.3) is 0 Å². The van der Waals surface area contributed by atoms with Crippen molar-refractivity contribution in [3.8, 4) is 0 Å². The van der Waals surface area contributed by atoms with E-state index in [0.29, 0.717) is 18.9 Å². The molecule has 0 radical (unpaired) electrons. The third-order valence-electron chi connectivity index (χ3n) is 3.85. The molecule has 6 heteroatoms. The molecular formula is C13H23F4NO. The van der Waals surface area contributed by atoms with Gasteiger partial charge in [0.05, 0.1) is 6.10 Å². The van der Waals surface area contributed by atoms with Crippen LogP contribution in [0.1, 0.15) is 39.0 Å². The maximum absolute atomic E-state index is 12.9. The van der Waals surface area contributed by atoms with E-state index in [2.05, 4.69) is 6.92 Å². The average Bonchev–Trinajstić information content (AvgIpc) is 2.37. The van der Waals surface area contributed by atoms with Gasteiger partial charge < -0.3 is 10.5 Å². The fourth-order valence-corrected chi connectivity index (χ4v) is 2.70. The first kappa shape index (κ1) is 16.7. The molecular weight excluding hydrogens is 262 g/mol. The van der Waals surface area contributed by atoms with Crippen molar-refractivity contribution in [2.24, 2.45) is 17.6 Å². The Bertz CT molecular complexity index is 263. The molecule has 1 rings (SSSR count). The van der Waals surface area contributed by atoms with Crippen LogP contribution in [0.3, 0.4) is 0 Å². The largest absolute Gasteiger partial charge is 0.371 e. The predicted molar refractivity (Wildman–Crippen MR) is 65.5 cm³/mol. The first-order valence-corrected chi connectivity index (χ1v) is 6.88. The van der Waals surface area contributed by atoms with Gasteiger partial charge in [-0.15, -0.1) is 0 Å². The number of ether oxygens (including phenoxy) is 1. The fraction of sp³-hybridized carbons (Fsp3) is 1.00. The van der Waals surface area contributed by atoms with Gasteiger partial charge in [0.1, 0.15) is 6.61 Å². The van der Waals surface area contributed by atoms with Gasteiger partial charge in [-0.1, -0.05) is 19.8 Å². The Balaban J connectivity index is 2.51. The molecule has 19 heavy (non-hydrogen) atoms. The van der Waals surface area contributed by atoms with Crippen LogP contribution >= 0.6 is 0 Å². The Labute approximate surface area is 111 Å². The van der Waals surface area contributed by atoms with E-state index < -0.39 is 25.1 Å². The predicted octanol–water partition coefficient (Wildman–Crippen LogP) is 3.45. The highest BCUT2D eigenvalue weighted by atomic mass is 19.3. The van der Waals surface area contributed by atoms with Gasteiger partial charge in [-0.3, -0.25) is 0 Å². The summed E-state index contributed by atoms with van der Waals surface area (Å²) < 4.78 is 55.0. The molecule has 3 unspecified atom stereocenters. The van der Waals surface area contributed by atoms with Crippen LogP contribution in [0, 0.1) is 11.8 Å². The van der Waals surface area contributed by atoms with Crippen molar-refractivity contribution in [1.29, 1.82) is 0 Å². The Morgan fingerprint density at radius 2 is 2.00 bits per heavy atom. The summed E-state index contributed by atoms with van der Waals surface area (Å²) in [6, 6.07) is 0. The molecule has 0 bridgehead atoms. The first-order chi connectivity index (χ1) is 8.90. The number of halogens is 4. The van der Waals surface area contributed by atoms with E-state index in [-0.39, 0.29) is 5.92 Å². The van der Waals surface area contributed by atoms with Crippen LogP contribution in [0.15, 0.2) is 0 Å². The zero-order valence-corrected chi connectivity index (χ0v) is 11.3. The lowest BCUT2D eigenvalue weighted by Crippen LogP contribution is -2.41. The number of rotatable bonds is 7. The summed E-state index contributed by atoms with van der Waals surface area (Å²) in [4.78, 5) is 0. The summed E-state index contributed by atoms with van der Waals surface area (Å²) in [6.45, 7) is 1.20.